The van der Waals surface area contributed by atoms with Gasteiger partial charge >= 0.3 is 0 Å². The van der Waals surface area contributed by atoms with Crippen molar-refractivity contribution >= 4 is 15.7 Å². The van der Waals surface area contributed by atoms with Crippen LogP contribution in [-0.4, -0.2) is 45.0 Å². The van der Waals surface area contributed by atoms with Gasteiger partial charge in [-0.1, -0.05) is 24.3 Å². The number of methoxy groups -OCH3 is 1. The van der Waals surface area contributed by atoms with Crippen LogP contribution in [0, 0.1) is 12.0 Å². The maximum Gasteiger partial charge on any atom is 0.255 e. The summed E-state index contributed by atoms with van der Waals surface area (Å²) in [5.74, 6) is 1.13. The highest BCUT2D eigenvalue weighted by Gasteiger charge is 2.48. The molecule has 7 heteroatoms. The molecule has 0 N–H and O–H groups in total. The molecule has 1 amide bonds. The summed E-state index contributed by atoms with van der Waals surface area (Å²) in [5, 5.41) is 0. The van der Waals surface area contributed by atoms with Crippen LogP contribution < -0.4 is 9.47 Å². The summed E-state index contributed by atoms with van der Waals surface area (Å²) in [4.78, 5) is 15.2. The molecule has 1 heterocycles. The first kappa shape index (κ1) is 20.7. The second kappa shape index (κ2) is 7.95. The lowest BCUT2D eigenvalue weighted by Gasteiger charge is -2.34. The van der Waals surface area contributed by atoms with Crippen LogP contribution >= 0.6 is 0 Å². The van der Waals surface area contributed by atoms with Crippen LogP contribution in [0.1, 0.15) is 53.3 Å². The molecule has 0 bridgehead atoms. The molecule has 2 aliphatic rings. The maximum atomic E-state index is 13.4. The van der Waals surface area contributed by atoms with Gasteiger partial charge < -0.3 is 14.4 Å². The van der Waals surface area contributed by atoms with Crippen molar-refractivity contribution in [2.75, 3.05) is 25.7 Å². The number of sulfone groups is 1. The van der Waals surface area contributed by atoms with E-state index in [1.807, 2.05) is 25.1 Å². The molecule has 4 rings (SSSR count). The first-order valence-electron chi connectivity index (χ1n) is 10.2. The number of carbonyl (C=O) groups excluding carboxylic acids is 1. The van der Waals surface area contributed by atoms with E-state index < -0.39 is 15.9 Å². The minimum absolute atomic E-state index is 0.130. The molecule has 1 aliphatic heterocycles. The standard InChI is InChI=1S/C23H26NO5S/c1-4-29-21-13-16(11-12-20(21)28-2)19(14-30(3,26)27)24-22(15-9-10-15)17-7-5-6-8-18(17)23(24)25/h5-7,11-13,15,19,22H,4,9-10,14H2,1-3H3/t19-,22?/m1/s1. The van der Waals surface area contributed by atoms with Crippen LogP contribution in [0.25, 0.3) is 0 Å². The monoisotopic (exact) mass is 428 g/mol. The van der Waals surface area contributed by atoms with E-state index in [0.717, 1.165) is 24.0 Å². The van der Waals surface area contributed by atoms with Crippen LogP contribution in [0.15, 0.2) is 36.4 Å². The lowest BCUT2D eigenvalue weighted by molar-refractivity contribution is 0.0620. The Labute approximate surface area is 177 Å². The van der Waals surface area contributed by atoms with Crippen molar-refractivity contribution in [3.63, 3.8) is 0 Å². The van der Waals surface area contributed by atoms with Gasteiger partial charge in [0.15, 0.2) is 11.5 Å². The van der Waals surface area contributed by atoms with E-state index in [1.165, 1.54) is 6.26 Å². The molecule has 0 spiro atoms. The lowest BCUT2D eigenvalue weighted by Crippen LogP contribution is -2.37. The summed E-state index contributed by atoms with van der Waals surface area (Å²) in [6.45, 7) is 2.32. The average Bonchev–Trinajstić information content (AvgIpc) is 3.50. The fourth-order valence-corrected chi connectivity index (χ4v) is 5.23. The topological polar surface area (TPSA) is 72.9 Å². The quantitative estimate of drug-likeness (QED) is 0.643. The van der Waals surface area contributed by atoms with Crippen molar-refractivity contribution in [1.82, 2.24) is 4.90 Å². The number of amides is 1. The van der Waals surface area contributed by atoms with E-state index in [2.05, 4.69) is 6.07 Å². The molecule has 2 aromatic rings. The van der Waals surface area contributed by atoms with Crippen LogP contribution in [-0.2, 0) is 9.84 Å². The van der Waals surface area contributed by atoms with E-state index in [-0.39, 0.29) is 17.7 Å². The van der Waals surface area contributed by atoms with Crippen molar-refractivity contribution in [2.24, 2.45) is 5.92 Å². The molecule has 1 fully saturated rings. The van der Waals surface area contributed by atoms with Crippen LogP contribution in [0.3, 0.4) is 0 Å². The molecule has 2 atom stereocenters. The zero-order chi connectivity index (χ0) is 21.5. The SMILES string of the molecule is CCOc1cc([C@@H](CS(C)(=O)=O)N2C(=O)c3[c]cccc3C2C2CC2)ccc1OC. The zero-order valence-electron chi connectivity index (χ0n) is 17.4. The third-order valence-corrected chi connectivity index (χ3v) is 6.61. The molecule has 159 valence electrons. The molecule has 0 saturated heterocycles. The van der Waals surface area contributed by atoms with Crippen molar-refractivity contribution in [2.45, 2.75) is 31.8 Å². The van der Waals surface area contributed by atoms with E-state index in [4.69, 9.17) is 9.47 Å². The summed E-state index contributed by atoms with van der Waals surface area (Å²) < 4.78 is 35.8. The Hall–Kier alpha value is -2.54. The van der Waals surface area contributed by atoms with Crippen LogP contribution in [0.5, 0.6) is 11.5 Å². The summed E-state index contributed by atoms with van der Waals surface area (Å²) in [5.41, 5.74) is 2.21. The van der Waals surface area contributed by atoms with E-state index >= 15 is 0 Å². The fourth-order valence-electron chi connectivity index (χ4n) is 4.31. The number of benzene rings is 2. The van der Waals surface area contributed by atoms with Crippen molar-refractivity contribution in [1.29, 1.82) is 0 Å². The number of carbonyl (C=O) groups is 1. The van der Waals surface area contributed by atoms with Crippen molar-refractivity contribution < 1.29 is 22.7 Å². The minimum atomic E-state index is -3.37. The van der Waals surface area contributed by atoms with E-state index in [0.29, 0.717) is 29.6 Å². The summed E-state index contributed by atoms with van der Waals surface area (Å²) in [6.07, 6.45) is 3.27. The molecular weight excluding hydrogens is 402 g/mol. The molecule has 1 radical (unpaired) electrons. The Kier molecular flexibility index (Phi) is 5.49. The van der Waals surface area contributed by atoms with E-state index in [9.17, 15) is 13.2 Å². The van der Waals surface area contributed by atoms with Crippen molar-refractivity contribution in [3.8, 4) is 11.5 Å². The normalized spacial score (nSPS) is 19.5. The number of hydrogen-bond donors (Lipinski definition) is 0. The van der Waals surface area contributed by atoms with Gasteiger partial charge in [0, 0.05) is 6.26 Å². The summed E-state index contributed by atoms with van der Waals surface area (Å²) in [6, 6.07) is 13.3. The van der Waals surface area contributed by atoms with Gasteiger partial charge in [-0.2, -0.15) is 0 Å². The van der Waals surface area contributed by atoms with Gasteiger partial charge in [-0.15, -0.1) is 0 Å². The predicted octanol–water partition coefficient (Wildman–Crippen LogP) is 3.59. The Morgan fingerprint density at radius 1 is 1.23 bits per heavy atom. The Balaban J connectivity index is 1.82. The summed E-state index contributed by atoms with van der Waals surface area (Å²) >= 11 is 0. The van der Waals surface area contributed by atoms with Gasteiger partial charge in [-0.05, 0) is 55.0 Å². The Morgan fingerprint density at radius 3 is 2.63 bits per heavy atom. The Morgan fingerprint density at radius 2 is 2.00 bits per heavy atom. The van der Waals surface area contributed by atoms with Gasteiger partial charge in [0.1, 0.15) is 9.84 Å². The molecule has 0 aromatic heterocycles. The molecule has 2 aromatic carbocycles. The number of fused-ring (bicyclic) bond motifs is 1. The molecule has 1 saturated carbocycles. The number of hydrogen-bond acceptors (Lipinski definition) is 5. The smallest absolute Gasteiger partial charge is 0.255 e. The van der Waals surface area contributed by atoms with Crippen LogP contribution in [0.2, 0.25) is 0 Å². The highest BCUT2D eigenvalue weighted by molar-refractivity contribution is 7.90. The highest BCUT2D eigenvalue weighted by atomic mass is 32.2. The average molecular weight is 429 g/mol. The third-order valence-electron chi connectivity index (χ3n) is 5.69. The molecular formula is C23H26NO5S. The van der Waals surface area contributed by atoms with Crippen molar-refractivity contribution in [3.05, 3.63) is 59.2 Å². The lowest BCUT2D eigenvalue weighted by atomic mass is 9.99. The molecule has 6 nitrogen and oxygen atoms in total. The van der Waals surface area contributed by atoms with Gasteiger partial charge in [0.25, 0.3) is 5.91 Å². The number of ether oxygens (including phenoxy) is 2. The molecule has 1 unspecified atom stereocenters. The second-order valence-corrected chi connectivity index (χ2v) is 10.1. The van der Waals surface area contributed by atoms with E-state index in [1.54, 1.807) is 30.2 Å². The van der Waals surface area contributed by atoms with Gasteiger partial charge in [-0.25, -0.2) is 8.42 Å². The number of nitrogens with zero attached hydrogens (tertiary/aromatic N) is 1. The maximum absolute atomic E-state index is 13.4. The number of rotatable bonds is 8. The highest BCUT2D eigenvalue weighted by Crippen LogP contribution is 2.52. The largest absolute Gasteiger partial charge is 0.493 e. The van der Waals surface area contributed by atoms with Gasteiger partial charge in [-0.3, -0.25) is 4.79 Å². The fraction of sp³-hybridized carbons (Fsp3) is 0.435. The molecule has 1 aliphatic carbocycles. The minimum Gasteiger partial charge on any atom is -0.493 e. The van der Waals surface area contributed by atoms with Gasteiger partial charge in [0.2, 0.25) is 0 Å². The zero-order valence-corrected chi connectivity index (χ0v) is 18.2. The third kappa shape index (κ3) is 3.90. The van der Waals surface area contributed by atoms with Crippen LogP contribution in [0.4, 0.5) is 0 Å². The van der Waals surface area contributed by atoms with Gasteiger partial charge in [0.05, 0.1) is 37.1 Å². The molecule has 30 heavy (non-hydrogen) atoms. The Bertz CT molecular complexity index is 1060. The first-order valence-corrected chi connectivity index (χ1v) is 12.2. The summed E-state index contributed by atoms with van der Waals surface area (Å²) in [7, 11) is -1.80. The second-order valence-electron chi connectivity index (χ2n) is 7.95. The first-order chi connectivity index (χ1) is 14.3. The predicted molar refractivity (Wildman–Crippen MR) is 114 cm³/mol.